The van der Waals surface area contributed by atoms with Gasteiger partial charge in [-0.1, -0.05) is 19.4 Å². The first-order valence-corrected chi connectivity index (χ1v) is 9.27. The normalized spacial score (nSPS) is 51.4. The maximum absolute atomic E-state index is 12.0. The molecule has 0 amide bonds. The minimum Gasteiger partial charge on any atom is -0.481 e. The van der Waals surface area contributed by atoms with E-state index in [0.29, 0.717) is 11.8 Å². The molecule has 4 rings (SSSR count). The van der Waals surface area contributed by atoms with Gasteiger partial charge in [-0.05, 0) is 86.0 Å². The zero-order valence-electron chi connectivity index (χ0n) is 14.3. The molecule has 0 aliphatic heterocycles. The number of carboxylic acid groups (broad SMARTS) is 1. The lowest BCUT2D eigenvalue weighted by atomic mass is 9.41. The summed E-state index contributed by atoms with van der Waals surface area (Å²) in [5.74, 6) is 0.704. The fraction of sp³-hybridized carbons (Fsp3) is 0.800. The SMILES string of the molecule is C[C@@]12CCC[C@](C)(C(=O)O)[C@H]1CC[C@]13C=C(C=O)[C@H](CC[C@H]12)C3. The van der Waals surface area contributed by atoms with Crippen LogP contribution in [0.4, 0.5) is 0 Å². The Kier molecular flexibility index (Phi) is 3.15. The molecular weight excluding hydrogens is 288 g/mol. The lowest BCUT2D eigenvalue weighted by molar-refractivity contribution is -0.177. The van der Waals surface area contributed by atoms with Gasteiger partial charge in [0.1, 0.15) is 6.29 Å². The summed E-state index contributed by atoms with van der Waals surface area (Å²) in [6.07, 6.45) is 11.9. The highest BCUT2D eigenvalue weighted by Gasteiger charge is 2.64. The molecule has 0 unspecified atom stereocenters. The first-order valence-electron chi connectivity index (χ1n) is 9.27. The Bertz CT molecular complexity index is 594. The number of rotatable bonds is 2. The Morgan fingerprint density at radius 1 is 1.17 bits per heavy atom. The van der Waals surface area contributed by atoms with Crippen LogP contribution in [0.5, 0.6) is 0 Å². The standard InChI is InChI=1S/C20H28O3/c1-18-7-3-8-19(2,17(22)23)15(18)6-9-20-10-13(4-5-16(18)20)14(11-20)12-21/h11-13,15-16H,3-10H2,1-2H3,(H,22,23)/t13-,15+,16+,18-,19+,20+/m1/s1. The Labute approximate surface area is 138 Å². The lowest BCUT2D eigenvalue weighted by Gasteiger charge is -2.63. The molecule has 1 N–H and O–H groups in total. The van der Waals surface area contributed by atoms with Crippen molar-refractivity contribution in [3.8, 4) is 0 Å². The average molecular weight is 316 g/mol. The molecule has 126 valence electrons. The van der Waals surface area contributed by atoms with Crippen LogP contribution in [-0.4, -0.2) is 17.4 Å². The fourth-order valence-electron chi connectivity index (χ4n) is 7.36. The smallest absolute Gasteiger partial charge is 0.309 e. The summed E-state index contributed by atoms with van der Waals surface area (Å²) in [4.78, 5) is 23.5. The number of allylic oxidation sites excluding steroid dienone is 2. The van der Waals surface area contributed by atoms with Crippen LogP contribution in [0.3, 0.4) is 0 Å². The zero-order chi connectivity index (χ0) is 16.5. The summed E-state index contributed by atoms with van der Waals surface area (Å²) in [5.41, 5.74) is 0.762. The summed E-state index contributed by atoms with van der Waals surface area (Å²) < 4.78 is 0. The average Bonchev–Trinajstić information content (AvgIpc) is 2.77. The van der Waals surface area contributed by atoms with Crippen molar-refractivity contribution in [2.45, 2.75) is 65.2 Å². The van der Waals surface area contributed by atoms with Gasteiger partial charge in [0.15, 0.2) is 0 Å². The molecular formula is C20H28O3. The summed E-state index contributed by atoms with van der Waals surface area (Å²) in [6.45, 7) is 4.36. The first-order chi connectivity index (χ1) is 10.9. The van der Waals surface area contributed by atoms with Gasteiger partial charge >= 0.3 is 5.97 Å². The van der Waals surface area contributed by atoms with Crippen molar-refractivity contribution in [2.24, 2.45) is 34.0 Å². The third-order valence-electron chi connectivity index (χ3n) is 8.35. The highest BCUT2D eigenvalue weighted by atomic mass is 16.4. The Balaban J connectivity index is 1.76. The minimum atomic E-state index is -0.603. The van der Waals surface area contributed by atoms with Gasteiger partial charge < -0.3 is 5.11 Å². The van der Waals surface area contributed by atoms with E-state index in [-0.39, 0.29) is 16.7 Å². The molecule has 0 aromatic rings. The summed E-state index contributed by atoms with van der Waals surface area (Å²) >= 11 is 0. The third-order valence-corrected chi connectivity index (χ3v) is 8.35. The van der Waals surface area contributed by atoms with Crippen LogP contribution in [0, 0.1) is 34.0 Å². The largest absolute Gasteiger partial charge is 0.481 e. The number of aliphatic carboxylic acids is 1. The monoisotopic (exact) mass is 316 g/mol. The third kappa shape index (κ3) is 1.82. The molecule has 0 saturated heterocycles. The van der Waals surface area contributed by atoms with Gasteiger partial charge in [-0.2, -0.15) is 0 Å². The zero-order valence-corrected chi connectivity index (χ0v) is 14.3. The lowest BCUT2D eigenvalue weighted by Crippen LogP contribution is -2.58. The molecule has 0 aromatic heterocycles. The van der Waals surface area contributed by atoms with Gasteiger partial charge in [0.05, 0.1) is 5.41 Å². The topological polar surface area (TPSA) is 54.4 Å². The van der Waals surface area contributed by atoms with Crippen molar-refractivity contribution in [3.63, 3.8) is 0 Å². The molecule has 3 fully saturated rings. The van der Waals surface area contributed by atoms with Crippen molar-refractivity contribution in [1.82, 2.24) is 0 Å². The van der Waals surface area contributed by atoms with Gasteiger partial charge in [0.2, 0.25) is 0 Å². The van der Waals surface area contributed by atoms with Crippen LogP contribution >= 0.6 is 0 Å². The van der Waals surface area contributed by atoms with E-state index >= 15 is 0 Å². The molecule has 0 heterocycles. The molecule has 3 saturated carbocycles. The van der Waals surface area contributed by atoms with Crippen LogP contribution in [0.1, 0.15) is 65.2 Å². The van der Waals surface area contributed by atoms with E-state index in [1.165, 1.54) is 6.42 Å². The Hall–Kier alpha value is -1.12. The Morgan fingerprint density at radius 2 is 1.96 bits per heavy atom. The van der Waals surface area contributed by atoms with Crippen molar-refractivity contribution in [3.05, 3.63) is 11.6 Å². The minimum absolute atomic E-state index is 0.115. The van der Waals surface area contributed by atoms with Crippen molar-refractivity contribution in [1.29, 1.82) is 0 Å². The highest BCUT2D eigenvalue weighted by molar-refractivity contribution is 5.76. The van der Waals surface area contributed by atoms with Crippen LogP contribution in [0.15, 0.2) is 11.6 Å². The quantitative estimate of drug-likeness (QED) is 0.776. The van der Waals surface area contributed by atoms with Crippen LogP contribution in [-0.2, 0) is 9.59 Å². The number of fused-ring (bicyclic) bond motifs is 3. The van der Waals surface area contributed by atoms with E-state index in [4.69, 9.17) is 0 Å². The number of carbonyl (C=O) groups excluding carboxylic acids is 1. The second-order valence-electron chi connectivity index (χ2n) is 9.20. The van der Waals surface area contributed by atoms with Gasteiger partial charge in [-0.15, -0.1) is 0 Å². The van der Waals surface area contributed by atoms with E-state index < -0.39 is 11.4 Å². The summed E-state index contributed by atoms with van der Waals surface area (Å²) in [5, 5.41) is 9.90. The fourth-order valence-corrected chi connectivity index (χ4v) is 7.36. The molecule has 3 heteroatoms. The molecule has 0 aromatic carbocycles. The summed E-state index contributed by atoms with van der Waals surface area (Å²) in [6, 6.07) is 0. The summed E-state index contributed by atoms with van der Waals surface area (Å²) in [7, 11) is 0. The van der Waals surface area contributed by atoms with E-state index in [2.05, 4.69) is 13.0 Å². The van der Waals surface area contributed by atoms with Crippen molar-refractivity contribution in [2.75, 3.05) is 0 Å². The molecule has 23 heavy (non-hydrogen) atoms. The van der Waals surface area contributed by atoms with E-state index in [1.807, 2.05) is 6.92 Å². The number of aldehydes is 1. The number of hydrogen-bond donors (Lipinski definition) is 1. The van der Waals surface area contributed by atoms with Gasteiger partial charge in [-0.3, -0.25) is 9.59 Å². The van der Waals surface area contributed by atoms with Gasteiger partial charge in [0.25, 0.3) is 0 Å². The van der Waals surface area contributed by atoms with Crippen LogP contribution in [0.25, 0.3) is 0 Å². The first kappa shape index (κ1) is 15.4. The predicted molar refractivity (Wildman–Crippen MR) is 87.8 cm³/mol. The number of carbonyl (C=O) groups is 2. The van der Waals surface area contributed by atoms with Crippen LogP contribution < -0.4 is 0 Å². The molecule has 0 radical (unpaired) electrons. The molecule has 6 atom stereocenters. The van der Waals surface area contributed by atoms with E-state index in [0.717, 1.165) is 56.8 Å². The van der Waals surface area contributed by atoms with E-state index in [1.54, 1.807) is 0 Å². The molecule has 4 aliphatic rings. The molecule has 3 nitrogen and oxygen atoms in total. The maximum atomic E-state index is 12.0. The highest BCUT2D eigenvalue weighted by Crippen LogP contribution is 2.70. The maximum Gasteiger partial charge on any atom is 0.309 e. The second kappa shape index (κ2) is 4.70. The molecule has 1 spiro atoms. The number of hydrogen-bond acceptors (Lipinski definition) is 2. The molecule has 4 aliphatic carbocycles. The van der Waals surface area contributed by atoms with Crippen molar-refractivity contribution < 1.29 is 14.7 Å². The number of carboxylic acids is 1. The molecule has 2 bridgehead atoms. The van der Waals surface area contributed by atoms with Gasteiger partial charge in [-0.25, -0.2) is 0 Å². The van der Waals surface area contributed by atoms with Crippen molar-refractivity contribution >= 4 is 12.3 Å². The van der Waals surface area contributed by atoms with Gasteiger partial charge in [0, 0.05) is 0 Å². The van der Waals surface area contributed by atoms with Crippen LogP contribution in [0.2, 0.25) is 0 Å². The second-order valence-corrected chi connectivity index (χ2v) is 9.20. The Morgan fingerprint density at radius 3 is 2.65 bits per heavy atom. The van der Waals surface area contributed by atoms with E-state index in [9.17, 15) is 14.7 Å². The predicted octanol–water partition coefficient (Wildman–Crippen LogP) is 4.22.